The Kier molecular flexibility index (Phi) is 4.38. The summed E-state index contributed by atoms with van der Waals surface area (Å²) < 4.78 is 109. The van der Waals surface area contributed by atoms with E-state index in [0.29, 0.717) is 22.3 Å². The monoisotopic (exact) mass is 652 g/mol. The smallest absolute Gasteiger partial charge is 0.164 e. The Morgan fingerprint density at radius 1 is 0.360 bits per heavy atom. The molecule has 0 spiro atoms. The molecule has 0 saturated carbocycles. The molecule has 5 heteroatoms. The van der Waals surface area contributed by atoms with Crippen LogP contribution in [-0.2, 0) is 0 Å². The van der Waals surface area contributed by atoms with Crippen LogP contribution in [0.3, 0.4) is 0 Å². The molecule has 0 fully saturated rings. The summed E-state index contributed by atoms with van der Waals surface area (Å²) in [6.45, 7) is 0. The van der Waals surface area contributed by atoms with Crippen LogP contribution in [0.15, 0.2) is 172 Å². The van der Waals surface area contributed by atoms with E-state index >= 15 is 0 Å². The van der Waals surface area contributed by atoms with Gasteiger partial charge in [0.25, 0.3) is 0 Å². The fourth-order valence-electron chi connectivity index (χ4n) is 6.06. The van der Waals surface area contributed by atoms with Gasteiger partial charge in [-0.15, -0.1) is 0 Å². The normalized spacial score (nSPS) is 14.7. The van der Waals surface area contributed by atoms with Gasteiger partial charge in [-0.25, -0.2) is 15.0 Å². The molecular formula is C45H27N3O2. The van der Waals surface area contributed by atoms with Gasteiger partial charge >= 0.3 is 0 Å². The Balaban J connectivity index is 1.21. The number of benzene rings is 7. The van der Waals surface area contributed by atoms with Crippen molar-refractivity contribution in [3.8, 4) is 56.4 Å². The highest BCUT2D eigenvalue weighted by molar-refractivity contribution is 6.08. The number of hydrogen-bond acceptors (Lipinski definition) is 5. The van der Waals surface area contributed by atoms with Crippen molar-refractivity contribution in [2.24, 2.45) is 0 Å². The number of rotatable bonds is 5. The minimum atomic E-state index is -0.688. The number of fused-ring (bicyclic) bond motifs is 6. The molecule has 0 aliphatic rings. The molecule has 7 aromatic carbocycles. The highest BCUT2D eigenvalue weighted by atomic mass is 16.3. The molecule has 10 rings (SSSR count). The van der Waals surface area contributed by atoms with E-state index < -0.39 is 77.6 Å². The predicted molar refractivity (Wildman–Crippen MR) is 202 cm³/mol. The molecule has 3 heterocycles. The van der Waals surface area contributed by atoms with Crippen molar-refractivity contribution in [1.29, 1.82) is 0 Å². The van der Waals surface area contributed by atoms with E-state index in [4.69, 9.17) is 33.4 Å². The Morgan fingerprint density at radius 2 is 1.00 bits per heavy atom. The number of furan rings is 2. The molecule has 0 aliphatic carbocycles. The van der Waals surface area contributed by atoms with Crippen molar-refractivity contribution < 1.29 is 23.9 Å². The molecule has 0 radical (unpaired) electrons. The maximum absolute atomic E-state index is 9.45. The average molecular weight is 653 g/mol. The summed E-state index contributed by atoms with van der Waals surface area (Å²) in [5, 5.41) is 1.30. The summed E-state index contributed by atoms with van der Waals surface area (Å²) >= 11 is 0. The van der Waals surface area contributed by atoms with E-state index in [0.717, 1.165) is 21.9 Å². The molecule has 3 aromatic heterocycles. The van der Waals surface area contributed by atoms with Gasteiger partial charge in [-0.3, -0.25) is 0 Å². The first-order valence-corrected chi connectivity index (χ1v) is 15.7. The van der Waals surface area contributed by atoms with Crippen LogP contribution in [0.5, 0.6) is 0 Å². The van der Waals surface area contributed by atoms with Crippen molar-refractivity contribution in [2.75, 3.05) is 0 Å². The zero-order valence-electron chi connectivity index (χ0n) is 36.9. The van der Waals surface area contributed by atoms with Crippen molar-refractivity contribution in [3.05, 3.63) is 164 Å². The van der Waals surface area contributed by atoms with Gasteiger partial charge in [0, 0.05) is 38.2 Å². The van der Waals surface area contributed by atoms with Crippen molar-refractivity contribution >= 4 is 43.9 Å². The van der Waals surface area contributed by atoms with Crippen molar-refractivity contribution in [2.45, 2.75) is 0 Å². The van der Waals surface area contributed by atoms with E-state index in [1.54, 1.807) is 6.07 Å². The van der Waals surface area contributed by atoms with Crippen LogP contribution in [0, 0.1) is 0 Å². The summed E-state index contributed by atoms with van der Waals surface area (Å²) in [5.74, 6) is 0.308. The first-order valence-electron chi connectivity index (χ1n) is 21.2. The van der Waals surface area contributed by atoms with Crippen LogP contribution in [0.2, 0.25) is 0 Å². The van der Waals surface area contributed by atoms with E-state index in [9.17, 15) is 5.48 Å². The Labute approximate surface area is 302 Å². The SMILES string of the molecule is [2H]c1c([2H])c([2H])c(-c2c([2H])c([2H])c3oc4c([2H])c(-c5nc(-c6ccc(-c7ccccc7)cc6)nc(-c6ccc7oc8ccccc8c7c6)n5)c([2H])c([2H])c4c3c2[2H])c([2H])c1[2H]. The molecule has 50 heavy (non-hydrogen) atoms. The summed E-state index contributed by atoms with van der Waals surface area (Å²) in [4.78, 5) is 14.4. The van der Waals surface area contributed by atoms with E-state index in [-0.39, 0.29) is 45.0 Å². The predicted octanol–water partition coefficient (Wildman–Crippen LogP) is 12.0. The molecule has 0 atom stereocenters. The molecule has 5 nitrogen and oxygen atoms in total. The second-order valence-corrected chi connectivity index (χ2v) is 11.6. The van der Waals surface area contributed by atoms with Crippen LogP contribution >= 0.6 is 0 Å². The fourth-order valence-corrected chi connectivity index (χ4v) is 6.06. The molecule has 234 valence electrons. The number of para-hydroxylation sites is 1. The minimum absolute atomic E-state index is 0.117. The maximum Gasteiger partial charge on any atom is 0.164 e. The van der Waals surface area contributed by atoms with E-state index in [1.807, 2.05) is 91.0 Å². The van der Waals surface area contributed by atoms with Crippen LogP contribution in [-0.4, -0.2) is 15.0 Å². The Bertz CT molecular complexity index is 3470. The highest BCUT2D eigenvalue weighted by Crippen LogP contribution is 2.36. The third-order valence-corrected chi connectivity index (χ3v) is 8.50. The number of nitrogens with zero attached hydrogens (tertiary/aromatic N) is 3. The molecular weight excluding hydrogens is 615 g/mol. The third kappa shape index (κ3) is 4.83. The van der Waals surface area contributed by atoms with Gasteiger partial charge in [-0.05, 0) is 70.7 Å². The molecule has 0 bridgehead atoms. The van der Waals surface area contributed by atoms with Crippen LogP contribution in [0.25, 0.3) is 100 Å². The van der Waals surface area contributed by atoms with Gasteiger partial charge in [-0.1, -0.05) is 115 Å². The van der Waals surface area contributed by atoms with Gasteiger partial charge in [-0.2, -0.15) is 0 Å². The van der Waals surface area contributed by atoms with Crippen LogP contribution < -0.4 is 0 Å². The van der Waals surface area contributed by atoms with Crippen molar-refractivity contribution in [1.82, 2.24) is 15.0 Å². The molecule has 0 aliphatic heterocycles. The Morgan fingerprint density at radius 3 is 1.84 bits per heavy atom. The molecule has 0 amide bonds. The van der Waals surface area contributed by atoms with Crippen LogP contribution in [0.1, 0.15) is 15.1 Å². The van der Waals surface area contributed by atoms with Crippen LogP contribution in [0.4, 0.5) is 0 Å². The lowest BCUT2D eigenvalue weighted by Gasteiger charge is -2.09. The largest absolute Gasteiger partial charge is 0.456 e. The quantitative estimate of drug-likeness (QED) is 0.185. The molecule has 0 saturated heterocycles. The van der Waals surface area contributed by atoms with Gasteiger partial charge in [0.2, 0.25) is 0 Å². The summed E-state index contributed by atoms with van der Waals surface area (Å²) in [5.41, 5.74) is 2.80. The lowest BCUT2D eigenvalue weighted by atomic mass is 10.0. The zero-order valence-corrected chi connectivity index (χ0v) is 25.9. The van der Waals surface area contributed by atoms with Gasteiger partial charge in [0.05, 0.1) is 15.1 Å². The molecule has 10 aromatic rings. The Hall–Kier alpha value is -6.85. The van der Waals surface area contributed by atoms with Gasteiger partial charge < -0.3 is 8.83 Å². The summed E-state index contributed by atoms with van der Waals surface area (Å²) in [7, 11) is 0. The lowest BCUT2D eigenvalue weighted by molar-refractivity contribution is 0.668. The lowest BCUT2D eigenvalue weighted by Crippen LogP contribution is -2.00. The third-order valence-electron chi connectivity index (χ3n) is 8.50. The van der Waals surface area contributed by atoms with Gasteiger partial charge in [0.15, 0.2) is 17.5 Å². The fraction of sp³-hybridized carbons (Fsp3) is 0. The summed E-state index contributed by atoms with van der Waals surface area (Å²) in [6.07, 6.45) is 0. The zero-order chi connectivity index (χ0) is 42.6. The van der Waals surface area contributed by atoms with Crippen molar-refractivity contribution in [3.63, 3.8) is 0 Å². The molecule has 0 unspecified atom stereocenters. The maximum atomic E-state index is 9.45. The number of hydrogen-bond donors (Lipinski definition) is 0. The number of aromatic nitrogens is 3. The molecule has 0 N–H and O–H groups in total. The standard InChI is InChI=1S/C45H27N3O2/c1-3-9-28(10-4-1)30-15-17-31(18-16-30)43-46-44(33-21-24-40-38(26-33)35-13-7-8-14-39(35)49-40)48-45(47-43)34-19-22-36-37-25-32(29-11-5-2-6-12-29)20-23-41(37)50-42(36)27-34/h1-27H/i2D,5D,6D,11D,12D,19D,20D,22D,23D,25D,27D. The first-order chi connectivity index (χ1) is 29.3. The second-order valence-electron chi connectivity index (χ2n) is 11.6. The minimum Gasteiger partial charge on any atom is -0.456 e. The van der Waals surface area contributed by atoms with E-state index in [2.05, 4.69) is 0 Å². The summed E-state index contributed by atoms with van der Waals surface area (Å²) in [6, 6.07) is 23.9. The highest BCUT2D eigenvalue weighted by Gasteiger charge is 2.17. The first kappa shape index (κ1) is 19.2. The topological polar surface area (TPSA) is 65.0 Å². The average Bonchev–Trinajstić information content (AvgIpc) is 3.88. The van der Waals surface area contributed by atoms with E-state index in [1.165, 1.54) is 0 Å². The second kappa shape index (κ2) is 11.4. The van der Waals surface area contributed by atoms with Gasteiger partial charge in [0.1, 0.15) is 22.3 Å².